The van der Waals surface area contributed by atoms with Gasteiger partial charge in [-0.2, -0.15) is 0 Å². The van der Waals surface area contributed by atoms with E-state index in [1.807, 2.05) is 13.8 Å². The van der Waals surface area contributed by atoms with Gasteiger partial charge in [0.1, 0.15) is 103 Å². The zero-order valence-corrected chi connectivity index (χ0v) is 42.8. The molecule has 4 heterocycles. The molecule has 7 fully saturated rings. The molecule has 74 heavy (non-hydrogen) atoms. The predicted molar refractivity (Wildman–Crippen MR) is 250 cm³/mol. The van der Waals surface area contributed by atoms with Crippen molar-refractivity contribution in [1.29, 1.82) is 0 Å². The molecule has 0 aromatic rings. The van der Waals surface area contributed by atoms with Crippen molar-refractivity contribution in [2.75, 3.05) is 26.4 Å². The molecule has 0 bridgehead atoms. The van der Waals surface area contributed by atoms with Gasteiger partial charge in [0, 0.05) is 24.7 Å². The van der Waals surface area contributed by atoms with Crippen LogP contribution in [0.5, 0.6) is 0 Å². The maximum atomic E-state index is 14.1. The van der Waals surface area contributed by atoms with E-state index in [1.165, 1.54) is 12.5 Å². The number of hydrogen-bond donors (Lipinski definition) is 13. The summed E-state index contributed by atoms with van der Waals surface area (Å²) in [6.07, 6.45) is -24.0. The van der Waals surface area contributed by atoms with E-state index < -0.39 is 166 Å². The normalized spacial score (nSPS) is 50.5. The molecular formula is C51H82O23. The van der Waals surface area contributed by atoms with Gasteiger partial charge in [-0.25, -0.2) is 0 Å². The summed E-state index contributed by atoms with van der Waals surface area (Å²) in [5.74, 6) is -0.523. The van der Waals surface area contributed by atoms with Crippen LogP contribution in [0.25, 0.3) is 0 Å². The van der Waals surface area contributed by atoms with E-state index in [2.05, 4.69) is 19.9 Å². The van der Waals surface area contributed by atoms with Crippen LogP contribution in [-0.4, -0.2) is 233 Å². The molecule has 0 amide bonds. The predicted octanol–water partition coefficient (Wildman–Crippen LogP) is -2.96. The summed E-state index contributed by atoms with van der Waals surface area (Å²) in [4.78, 5) is 28.0. The Morgan fingerprint density at radius 1 is 0.649 bits per heavy atom. The van der Waals surface area contributed by atoms with E-state index >= 15 is 0 Å². The second kappa shape index (κ2) is 23.5. The van der Waals surface area contributed by atoms with Gasteiger partial charge in [-0.05, 0) is 86.4 Å². The lowest BCUT2D eigenvalue weighted by Crippen LogP contribution is -2.67. The average Bonchev–Trinajstić information content (AvgIpc) is 3.66. The Morgan fingerprint density at radius 2 is 1.22 bits per heavy atom. The molecule has 29 atom stereocenters. The summed E-state index contributed by atoms with van der Waals surface area (Å²) >= 11 is 0. The van der Waals surface area contributed by atoms with Gasteiger partial charge in [0.05, 0.1) is 38.6 Å². The monoisotopic (exact) mass is 1060 g/mol. The number of carbonyl (C=O) groups is 2. The van der Waals surface area contributed by atoms with Crippen molar-refractivity contribution in [2.45, 2.75) is 221 Å². The van der Waals surface area contributed by atoms with E-state index in [4.69, 9.17) is 37.9 Å². The van der Waals surface area contributed by atoms with Crippen LogP contribution in [0.1, 0.15) is 92.4 Å². The maximum absolute atomic E-state index is 14.1. The lowest BCUT2D eigenvalue weighted by atomic mass is 9.47. The van der Waals surface area contributed by atoms with Crippen LogP contribution < -0.4 is 0 Å². The first kappa shape index (κ1) is 58.4. The summed E-state index contributed by atoms with van der Waals surface area (Å²) in [5.41, 5.74) is 0.520. The second-order valence-corrected chi connectivity index (χ2v) is 23.2. The van der Waals surface area contributed by atoms with Gasteiger partial charge >= 0.3 is 0 Å². The number of carbonyl (C=O) groups excluding carboxylic acids is 2. The Morgan fingerprint density at radius 3 is 1.85 bits per heavy atom. The highest BCUT2D eigenvalue weighted by molar-refractivity contribution is 5.92. The van der Waals surface area contributed by atoms with E-state index in [0.29, 0.717) is 38.5 Å². The lowest BCUT2D eigenvalue weighted by Gasteiger charge is -2.58. The average molecular weight is 1060 g/mol. The minimum atomic E-state index is -1.87. The molecule has 23 heteroatoms. The van der Waals surface area contributed by atoms with E-state index in [0.717, 1.165) is 12.8 Å². The largest absolute Gasteiger partial charge is 0.394 e. The number of rotatable bonds is 17. The minimum absolute atomic E-state index is 0.0131. The van der Waals surface area contributed by atoms with Crippen molar-refractivity contribution >= 4 is 11.6 Å². The van der Waals surface area contributed by atoms with Crippen LogP contribution in [0, 0.1) is 46.3 Å². The van der Waals surface area contributed by atoms with Crippen molar-refractivity contribution in [2.24, 2.45) is 46.3 Å². The highest BCUT2D eigenvalue weighted by Gasteiger charge is 2.63. The van der Waals surface area contributed by atoms with Crippen LogP contribution in [0.2, 0.25) is 0 Å². The smallest absolute Gasteiger partial charge is 0.187 e. The molecule has 3 saturated carbocycles. The molecule has 0 aromatic heterocycles. The molecular weight excluding hydrogens is 981 g/mol. The number of aliphatic hydroxyl groups is 13. The number of fused-ring (bicyclic) bond motifs is 5. The number of ketones is 2. The first-order valence-electron chi connectivity index (χ1n) is 26.6. The molecule has 0 radical (unpaired) electrons. The SMILES string of the molecule is CC(CCC(=O)C(C)C1C(=O)CC2C3CC=C4CC(OC5OC(CO)C(OC6OC(CO)C(O)C(O)C6O)C(O)C5OC5OC(C)C(O)C(O)C5O)CCC4(C)C3CCC21C)COC1OC(CO)C(O)C(O)C1O. The molecule has 424 valence electrons. The standard InChI is InChI=1S/C51H82O23/c1-20(19-67-46-40(63)38(61)35(58)30(16-52)70-46)6-9-28(55)21(2)33-29(56)15-27-25-8-7-23-14-24(10-12-50(23,4)26(25)11-13-51(27,33)5)69-49-45(74-47-41(64)37(60)34(57)22(3)68-47)43(66)44(32(18-54)72-49)73-48-42(65)39(62)36(59)31(17-53)71-48/h7,20-22,24-27,30-49,52-54,57-66H,6,8-19H2,1-5H3. The zero-order valence-electron chi connectivity index (χ0n) is 42.8. The summed E-state index contributed by atoms with van der Waals surface area (Å²) < 4.78 is 47.4. The summed E-state index contributed by atoms with van der Waals surface area (Å²) in [6.45, 7) is 7.62. The molecule has 0 aromatic carbocycles. The summed E-state index contributed by atoms with van der Waals surface area (Å²) in [5, 5.41) is 136. The molecule has 23 nitrogen and oxygen atoms in total. The lowest BCUT2D eigenvalue weighted by molar-refractivity contribution is -0.389. The third-order valence-electron chi connectivity index (χ3n) is 18.6. The van der Waals surface area contributed by atoms with Gasteiger partial charge in [-0.3, -0.25) is 9.59 Å². The molecule has 4 aliphatic carbocycles. The molecule has 13 N–H and O–H groups in total. The summed E-state index contributed by atoms with van der Waals surface area (Å²) in [6, 6.07) is 0. The van der Waals surface area contributed by atoms with E-state index in [9.17, 15) is 76.0 Å². The number of allylic oxidation sites excluding steroid dienone is 1. The van der Waals surface area contributed by atoms with Crippen molar-refractivity contribution < 1.29 is 114 Å². The van der Waals surface area contributed by atoms with E-state index in [-0.39, 0.29) is 53.7 Å². The van der Waals surface area contributed by atoms with E-state index in [1.54, 1.807) is 0 Å². The topological polar surface area (TPSA) is 371 Å². The van der Waals surface area contributed by atoms with Gasteiger partial charge in [0.2, 0.25) is 0 Å². The number of Topliss-reactive ketones (excluding diaryl/α,β-unsaturated/α-hetero) is 2. The number of hydrogen-bond acceptors (Lipinski definition) is 23. The third kappa shape index (κ3) is 11.0. The quantitative estimate of drug-likeness (QED) is 0.0648. The number of ether oxygens (including phenoxy) is 8. The van der Waals surface area contributed by atoms with Crippen LogP contribution in [0.3, 0.4) is 0 Å². The molecule has 0 spiro atoms. The Labute approximate surface area is 430 Å². The fourth-order valence-corrected chi connectivity index (χ4v) is 14.0. The highest BCUT2D eigenvalue weighted by atomic mass is 16.8. The molecule has 4 aliphatic heterocycles. The van der Waals surface area contributed by atoms with Crippen molar-refractivity contribution in [3.05, 3.63) is 11.6 Å². The fraction of sp³-hybridized carbons (Fsp3) is 0.922. The first-order chi connectivity index (χ1) is 35.0. The maximum Gasteiger partial charge on any atom is 0.187 e. The van der Waals surface area contributed by atoms with Crippen LogP contribution in [0.4, 0.5) is 0 Å². The van der Waals surface area contributed by atoms with Crippen molar-refractivity contribution in [3.8, 4) is 0 Å². The zero-order chi connectivity index (χ0) is 53.9. The van der Waals surface area contributed by atoms with Gasteiger partial charge in [-0.15, -0.1) is 0 Å². The Balaban J connectivity index is 0.919. The van der Waals surface area contributed by atoms with Crippen LogP contribution >= 0.6 is 0 Å². The molecule has 8 aliphatic rings. The molecule has 8 rings (SSSR count). The van der Waals surface area contributed by atoms with Crippen LogP contribution in [-0.2, 0) is 47.5 Å². The summed E-state index contributed by atoms with van der Waals surface area (Å²) in [7, 11) is 0. The van der Waals surface area contributed by atoms with Crippen molar-refractivity contribution in [3.63, 3.8) is 0 Å². The fourth-order valence-electron chi connectivity index (χ4n) is 14.0. The first-order valence-corrected chi connectivity index (χ1v) is 26.6. The Bertz CT molecular complexity index is 1940. The van der Waals surface area contributed by atoms with Gasteiger partial charge in [0.15, 0.2) is 25.2 Å². The Kier molecular flexibility index (Phi) is 18.6. The highest BCUT2D eigenvalue weighted by Crippen LogP contribution is 2.66. The molecule has 4 saturated heterocycles. The third-order valence-corrected chi connectivity index (χ3v) is 18.6. The van der Waals surface area contributed by atoms with Crippen molar-refractivity contribution in [1.82, 2.24) is 0 Å². The van der Waals surface area contributed by atoms with Gasteiger partial charge in [-0.1, -0.05) is 39.3 Å². The number of aliphatic hydroxyl groups excluding tert-OH is 13. The van der Waals surface area contributed by atoms with Gasteiger partial charge in [0.25, 0.3) is 0 Å². The second-order valence-electron chi connectivity index (χ2n) is 23.2. The van der Waals surface area contributed by atoms with Gasteiger partial charge < -0.3 is 104 Å². The Hall–Kier alpha value is -1.76. The molecule has 29 unspecified atom stereocenters. The van der Waals surface area contributed by atoms with Crippen LogP contribution in [0.15, 0.2) is 11.6 Å². The minimum Gasteiger partial charge on any atom is -0.394 e.